The molecule has 0 saturated heterocycles. The molecule has 0 bridgehead atoms. The Balaban J connectivity index is 3.03. The third-order valence-electron chi connectivity index (χ3n) is 5.68. The maximum atomic E-state index is 13.2. The zero-order valence-corrected chi connectivity index (χ0v) is 21.3. The Morgan fingerprint density at radius 2 is 1.66 bits per heavy atom. The van der Waals surface area contributed by atoms with Crippen molar-refractivity contribution in [2.24, 2.45) is 17.6 Å². The number of ketones is 2. The van der Waals surface area contributed by atoms with E-state index in [1.54, 1.807) is 0 Å². The molecule has 14 heteroatoms. The molecule has 2 unspecified atom stereocenters. The van der Waals surface area contributed by atoms with E-state index < -0.39 is 37.5 Å². The van der Waals surface area contributed by atoms with Gasteiger partial charge in [0.1, 0.15) is 0 Å². The van der Waals surface area contributed by atoms with Crippen molar-refractivity contribution in [3.8, 4) is 0 Å². The number of benzene rings is 1. The molecule has 1 rings (SSSR count). The van der Waals surface area contributed by atoms with Crippen LogP contribution in [0.2, 0.25) is 0 Å². The minimum Gasteiger partial charge on any atom is -0.0622 e. The standard InChI is InChI=1S/C21H29B7N2O4S/c1-14(2)10-18(19(32)8-9-20(33)35(26-22,27-23)28(24)25)30-21(34)16(12-17(31)13-29)11-15-6-4-3-5-7-15/h3-7,14,16,18H,8-13,29H2,1-2H3,(H,30,34). The first-order chi connectivity index (χ1) is 16.5. The molecule has 0 saturated carbocycles. The number of amides is 1. The summed E-state index contributed by atoms with van der Waals surface area (Å²) in [6.45, 7) is 3.68. The normalized spacial score (nSPS) is 12.7. The third-order valence-corrected chi connectivity index (χ3v) is 8.47. The number of rotatable bonds is 14. The number of hydrogen-bond donors (Lipinski definition) is 2. The Morgan fingerprint density at radius 3 is 2.14 bits per heavy atom. The van der Waals surface area contributed by atoms with Gasteiger partial charge in [-0.3, -0.25) is 0 Å². The molecule has 0 aliphatic heterocycles. The molecule has 6 nitrogen and oxygen atoms in total. The summed E-state index contributed by atoms with van der Waals surface area (Å²) in [7, 11) is 20.1. The SMILES string of the molecule is [B]B=S(=B[B])(B([B])[B])C(=O)CCC(=O)C(CC(C)C)NC(=O)C(CC(=O)CN)Cc1ccccc1. The molecule has 0 spiro atoms. The molecule has 0 aliphatic rings. The van der Waals surface area contributed by atoms with Crippen molar-refractivity contribution in [2.75, 3.05) is 6.54 Å². The molecule has 0 aliphatic carbocycles. The number of carbonyl (C=O) groups excluding carboxylic acids is 4. The van der Waals surface area contributed by atoms with E-state index >= 15 is 0 Å². The number of nitrogens with two attached hydrogens (primary N) is 1. The molecule has 8 radical (unpaired) electrons. The molecule has 3 N–H and O–H groups in total. The Hall–Kier alpha value is -1.54. The van der Waals surface area contributed by atoms with Gasteiger partial charge in [0.2, 0.25) is 0 Å². The van der Waals surface area contributed by atoms with Crippen LogP contribution in [-0.2, 0) is 25.6 Å². The van der Waals surface area contributed by atoms with E-state index in [4.69, 9.17) is 36.7 Å². The molecule has 0 fully saturated rings. The minimum absolute atomic E-state index is 0.0305. The van der Waals surface area contributed by atoms with E-state index in [0.717, 1.165) is 17.7 Å². The van der Waals surface area contributed by atoms with Gasteiger partial charge in [0.25, 0.3) is 0 Å². The van der Waals surface area contributed by atoms with Crippen molar-refractivity contribution >= 4 is 80.1 Å². The number of hydrogen-bond acceptors (Lipinski definition) is 5. The molecule has 0 heterocycles. The van der Waals surface area contributed by atoms with Crippen molar-refractivity contribution in [2.45, 2.75) is 52.0 Å². The number of nitrogens with one attached hydrogen (secondary N) is 1. The van der Waals surface area contributed by atoms with E-state index in [2.05, 4.69) is 5.32 Å². The van der Waals surface area contributed by atoms with Crippen LogP contribution in [0.15, 0.2) is 30.3 Å². The average Bonchev–Trinajstić information content (AvgIpc) is 2.82. The second-order valence-corrected chi connectivity index (χ2v) is 11.9. The summed E-state index contributed by atoms with van der Waals surface area (Å²) in [4.78, 5) is 51.1. The number of Topliss-reactive ketones (excluding diaryl/α,β-unsaturated/α-hetero) is 2. The van der Waals surface area contributed by atoms with Crippen LogP contribution in [0.5, 0.6) is 0 Å². The molecule has 35 heavy (non-hydrogen) atoms. The van der Waals surface area contributed by atoms with Crippen LogP contribution >= 0.6 is 8.73 Å². The van der Waals surface area contributed by atoms with Crippen LogP contribution in [0.4, 0.5) is 0 Å². The van der Waals surface area contributed by atoms with Gasteiger partial charge in [-0.05, 0) is 0 Å². The maximum absolute atomic E-state index is 13.2. The van der Waals surface area contributed by atoms with Crippen LogP contribution in [0.1, 0.15) is 45.1 Å². The van der Waals surface area contributed by atoms with E-state index in [1.807, 2.05) is 44.2 Å². The van der Waals surface area contributed by atoms with Gasteiger partial charge in [0.15, 0.2) is 0 Å². The Kier molecular flexibility index (Phi) is 14.0. The van der Waals surface area contributed by atoms with Crippen LogP contribution < -0.4 is 11.1 Å². The van der Waals surface area contributed by atoms with Crippen LogP contribution in [0.25, 0.3) is 0 Å². The van der Waals surface area contributed by atoms with Gasteiger partial charge >= 0.3 is 193 Å². The smallest absolute Gasteiger partial charge is 0.0622 e. The zero-order chi connectivity index (χ0) is 26.6. The van der Waals surface area contributed by atoms with E-state index in [1.165, 1.54) is 0 Å². The summed E-state index contributed by atoms with van der Waals surface area (Å²) >= 11 is 0. The van der Waals surface area contributed by atoms with Gasteiger partial charge in [-0.25, -0.2) is 0 Å². The topological polar surface area (TPSA) is 106 Å². The van der Waals surface area contributed by atoms with E-state index in [9.17, 15) is 19.2 Å². The van der Waals surface area contributed by atoms with Gasteiger partial charge in [0, 0.05) is 0 Å². The van der Waals surface area contributed by atoms with Crippen molar-refractivity contribution in [1.82, 2.24) is 5.32 Å². The third kappa shape index (κ3) is 9.79. The average molecular weight is 481 g/mol. The first-order valence-electron chi connectivity index (χ1n) is 11.6. The Morgan fingerprint density at radius 1 is 1.06 bits per heavy atom. The van der Waals surface area contributed by atoms with Crippen molar-refractivity contribution < 1.29 is 19.2 Å². The van der Waals surface area contributed by atoms with Gasteiger partial charge in [-0.2, -0.15) is 0 Å². The summed E-state index contributed by atoms with van der Waals surface area (Å²) in [5.41, 5.74) is 6.36. The molecule has 1 aromatic rings. The van der Waals surface area contributed by atoms with Crippen molar-refractivity contribution in [3.05, 3.63) is 35.9 Å². The van der Waals surface area contributed by atoms with Gasteiger partial charge in [-0.15, -0.1) is 0 Å². The molecule has 0 aromatic heterocycles. The summed E-state index contributed by atoms with van der Waals surface area (Å²) < 4.78 is 0. The van der Waals surface area contributed by atoms with Crippen LogP contribution in [-0.4, -0.2) is 84.0 Å². The van der Waals surface area contributed by atoms with Crippen LogP contribution in [0.3, 0.4) is 0 Å². The first-order valence-corrected chi connectivity index (χ1v) is 13.4. The summed E-state index contributed by atoms with van der Waals surface area (Å²) in [6, 6.07) is 10.7. The molecule has 1 aromatic carbocycles. The zero-order valence-electron chi connectivity index (χ0n) is 20.5. The van der Waals surface area contributed by atoms with Gasteiger partial charge in [0.05, 0.1) is 0 Å². The van der Waals surface area contributed by atoms with Crippen molar-refractivity contribution in [3.63, 3.8) is 0 Å². The summed E-state index contributed by atoms with van der Waals surface area (Å²) in [6.07, 6.45) is 0.381. The quantitative estimate of drug-likeness (QED) is 0.355. The number of carbonyl (C=O) groups is 4. The fraction of sp³-hybridized carbons (Fsp3) is 0.524. The second-order valence-electron chi connectivity index (χ2n) is 8.86. The van der Waals surface area contributed by atoms with Gasteiger partial charge in [-0.1, -0.05) is 18.2 Å². The van der Waals surface area contributed by atoms with Gasteiger partial charge < -0.3 is 5.73 Å². The monoisotopic (exact) mass is 482 g/mol. The molecular formula is C21H29B7N2O4S. The first kappa shape index (κ1) is 31.5. The fourth-order valence-corrected chi connectivity index (χ4v) is 5.17. The van der Waals surface area contributed by atoms with E-state index in [-0.39, 0.29) is 43.3 Å². The fourth-order valence-electron chi connectivity index (χ4n) is 3.65. The minimum atomic E-state index is -2.57. The molecule has 1 amide bonds. The predicted molar refractivity (Wildman–Crippen MR) is 151 cm³/mol. The van der Waals surface area contributed by atoms with Crippen LogP contribution in [0, 0.1) is 11.8 Å². The Labute approximate surface area is 216 Å². The molecule has 174 valence electrons. The Bertz CT molecular complexity index is 998. The summed E-state index contributed by atoms with van der Waals surface area (Å²) in [5, 5.41) is 2.40. The summed E-state index contributed by atoms with van der Waals surface area (Å²) in [5.74, 6) is -2.62. The second kappa shape index (κ2) is 15.5. The van der Waals surface area contributed by atoms with Crippen molar-refractivity contribution in [1.29, 1.82) is 0 Å². The molecular weight excluding hydrogens is 452 g/mol. The molecule has 2 atom stereocenters. The predicted octanol–water partition coefficient (Wildman–Crippen LogP) is -0.298. The van der Waals surface area contributed by atoms with E-state index in [0.29, 0.717) is 12.8 Å².